The Kier molecular flexibility index (Phi) is 12.3. The maximum absolute atomic E-state index is 8.47. The van der Waals surface area contributed by atoms with Crippen LogP contribution in [0.2, 0.25) is 0 Å². The quantitative estimate of drug-likeness (QED) is 0.335. The van der Waals surface area contributed by atoms with E-state index in [9.17, 15) is 0 Å². The number of aliphatic hydroxyl groups is 1. The van der Waals surface area contributed by atoms with Crippen LogP contribution in [-0.2, 0) is 14.2 Å². The largest absolute Gasteiger partial charge is 0.394 e. The number of rotatable bonds is 13. The van der Waals surface area contributed by atoms with Crippen molar-refractivity contribution in [1.82, 2.24) is 5.32 Å². The first-order valence-corrected chi connectivity index (χ1v) is 6.95. The molecule has 0 heterocycles. The summed E-state index contributed by atoms with van der Waals surface area (Å²) < 4.78 is 15.7. The van der Waals surface area contributed by atoms with E-state index in [1.54, 1.807) is 0 Å². The Labute approximate surface area is 116 Å². The molecule has 2 N–H and O–H groups in total. The Bertz CT molecular complexity index is 181. The molecule has 110 valence electrons. The summed E-state index contributed by atoms with van der Waals surface area (Å²) in [6.45, 7) is 8.32. The average molecular weight is 281 g/mol. The fourth-order valence-electron chi connectivity index (χ4n) is 1.12. The molecule has 0 aromatic heterocycles. The highest BCUT2D eigenvalue weighted by Crippen LogP contribution is 2.02. The van der Waals surface area contributed by atoms with E-state index < -0.39 is 0 Å². The van der Waals surface area contributed by atoms with Gasteiger partial charge in [-0.2, -0.15) is 12.6 Å². The summed E-state index contributed by atoms with van der Waals surface area (Å²) in [5.41, 5.74) is 0.0486. The van der Waals surface area contributed by atoms with Crippen molar-refractivity contribution in [2.75, 3.05) is 58.5 Å². The van der Waals surface area contributed by atoms with Gasteiger partial charge in [-0.25, -0.2) is 0 Å². The van der Waals surface area contributed by atoms with Crippen LogP contribution in [0.1, 0.15) is 13.8 Å². The molecule has 0 aromatic carbocycles. The van der Waals surface area contributed by atoms with E-state index in [2.05, 4.69) is 31.8 Å². The fraction of sp³-hybridized carbons (Fsp3) is 1.00. The zero-order valence-electron chi connectivity index (χ0n) is 11.5. The third-order valence-electron chi connectivity index (χ3n) is 2.22. The Morgan fingerprint density at radius 2 is 1.44 bits per heavy atom. The molecule has 0 fully saturated rings. The van der Waals surface area contributed by atoms with Crippen LogP contribution < -0.4 is 5.32 Å². The summed E-state index contributed by atoms with van der Waals surface area (Å²) in [5.74, 6) is 0.796. The standard InChI is InChI=1S/C12H27NO4S/c1-12(2,11-18)13-3-5-15-7-9-17-10-8-16-6-4-14/h13-14,18H,3-11H2,1-2H3. The smallest absolute Gasteiger partial charge is 0.0701 e. The summed E-state index contributed by atoms with van der Waals surface area (Å²) in [7, 11) is 0. The molecule has 0 atom stereocenters. The Morgan fingerprint density at radius 1 is 0.944 bits per heavy atom. The number of ether oxygens (including phenoxy) is 3. The van der Waals surface area contributed by atoms with Gasteiger partial charge in [-0.15, -0.1) is 0 Å². The van der Waals surface area contributed by atoms with Crippen LogP contribution >= 0.6 is 12.6 Å². The second kappa shape index (κ2) is 12.2. The summed E-state index contributed by atoms with van der Waals surface area (Å²) >= 11 is 4.26. The van der Waals surface area contributed by atoms with Crippen molar-refractivity contribution in [3.63, 3.8) is 0 Å². The Morgan fingerprint density at radius 3 is 1.94 bits per heavy atom. The van der Waals surface area contributed by atoms with Crippen molar-refractivity contribution in [3.8, 4) is 0 Å². The first-order chi connectivity index (χ1) is 8.62. The lowest BCUT2D eigenvalue weighted by molar-refractivity contribution is 0.00778. The van der Waals surface area contributed by atoms with Crippen LogP contribution in [0, 0.1) is 0 Å². The molecular weight excluding hydrogens is 254 g/mol. The molecule has 0 amide bonds. The molecule has 0 aliphatic heterocycles. The first kappa shape index (κ1) is 18.1. The lowest BCUT2D eigenvalue weighted by atomic mass is 10.1. The van der Waals surface area contributed by atoms with E-state index in [1.807, 2.05) is 0 Å². The zero-order chi connectivity index (χ0) is 13.7. The topological polar surface area (TPSA) is 60.0 Å². The highest BCUT2D eigenvalue weighted by atomic mass is 32.1. The van der Waals surface area contributed by atoms with E-state index in [4.69, 9.17) is 19.3 Å². The molecule has 6 heteroatoms. The van der Waals surface area contributed by atoms with Gasteiger partial charge in [0.15, 0.2) is 0 Å². The minimum atomic E-state index is 0.0486. The third-order valence-corrected chi connectivity index (χ3v) is 3.02. The zero-order valence-corrected chi connectivity index (χ0v) is 12.4. The van der Waals surface area contributed by atoms with E-state index >= 15 is 0 Å². The van der Waals surface area contributed by atoms with Gasteiger partial charge in [0.2, 0.25) is 0 Å². The molecule has 18 heavy (non-hydrogen) atoms. The minimum absolute atomic E-state index is 0.0486. The highest BCUT2D eigenvalue weighted by molar-refractivity contribution is 7.80. The monoisotopic (exact) mass is 281 g/mol. The van der Waals surface area contributed by atoms with Crippen molar-refractivity contribution in [3.05, 3.63) is 0 Å². The number of hydrogen-bond acceptors (Lipinski definition) is 6. The SMILES string of the molecule is CC(C)(CS)NCCOCCOCCOCCO. The van der Waals surface area contributed by atoms with Crippen molar-refractivity contribution >= 4 is 12.6 Å². The van der Waals surface area contributed by atoms with Crippen LogP contribution in [0.3, 0.4) is 0 Å². The molecule has 0 aromatic rings. The average Bonchev–Trinajstić information content (AvgIpc) is 2.36. The van der Waals surface area contributed by atoms with Gasteiger partial charge < -0.3 is 24.6 Å². The van der Waals surface area contributed by atoms with Gasteiger partial charge in [0.25, 0.3) is 0 Å². The summed E-state index contributed by atoms with van der Waals surface area (Å²) in [6.07, 6.45) is 0. The van der Waals surface area contributed by atoms with E-state index in [0.717, 1.165) is 12.3 Å². The molecule has 0 radical (unpaired) electrons. The summed E-state index contributed by atoms with van der Waals surface area (Å²) in [5, 5.41) is 11.8. The van der Waals surface area contributed by atoms with Gasteiger partial charge in [-0.3, -0.25) is 0 Å². The molecule has 5 nitrogen and oxygen atoms in total. The lowest BCUT2D eigenvalue weighted by Crippen LogP contribution is -2.42. The second-order valence-electron chi connectivity index (χ2n) is 4.53. The highest BCUT2D eigenvalue weighted by Gasteiger charge is 2.12. The Hall–Kier alpha value is 0.150. The summed E-state index contributed by atoms with van der Waals surface area (Å²) in [4.78, 5) is 0. The van der Waals surface area contributed by atoms with Gasteiger partial charge in [0.1, 0.15) is 0 Å². The van der Waals surface area contributed by atoms with Crippen molar-refractivity contribution in [2.24, 2.45) is 0 Å². The van der Waals surface area contributed by atoms with Gasteiger partial charge in [-0.05, 0) is 13.8 Å². The van der Waals surface area contributed by atoms with Gasteiger partial charge in [0, 0.05) is 17.8 Å². The number of nitrogens with one attached hydrogen (secondary N) is 1. The maximum atomic E-state index is 8.47. The molecule has 0 aliphatic rings. The van der Waals surface area contributed by atoms with Crippen molar-refractivity contribution in [1.29, 1.82) is 0 Å². The fourth-order valence-corrected chi connectivity index (χ4v) is 1.24. The third kappa shape index (κ3) is 12.6. The van der Waals surface area contributed by atoms with Crippen LogP contribution in [0.15, 0.2) is 0 Å². The molecule has 0 bridgehead atoms. The molecule has 0 unspecified atom stereocenters. The van der Waals surface area contributed by atoms with Crippen LogP contribution in [0.25, 0.3) is 0 Å². The van der Waals surface area contributed by atoms with Crippen molar-refractivity contribution < 1.29 is 19.3 Å². The molecule has 0 spiro atoms. The molecule has 0 saturated heterocycles. The molecule has 0 aliphatic carbocycles. The lowest BCUT2D eigenvalue weighted by Gasteiger charge is -2.23. The predicted molar refractivity (Wildman–Crippen MR) is 75.5 cm³/mol. The van der Waals surface area contributed by atoms with E-state index in [0.29, 0.717) is 39.6 Å². The number of aliphatic hydroxyl groups excluding tert-OH is 1. The van der Waals surface area contributed by atoms with Crippen LogP contribution in [0.4, 0.5) is 0 Å². The minimum Gasteiger partial charge on any atom is -0.394 e. The van der Waals surface area contributed by atoms with Crippen LogP contribution in [0.5, 0.6) is 0 Å². The first-order valence-electron chi connectivity index (χ1n) is 6.32. The predicted octanol–water partition coefficient (Wildman–Crippen LogP) is 0.326. The van der Waals surface area contributed by atoms with Gasteiger partial charge in [0.05, 0.1) is 46.2 Å². The van der Waals surface area contributed by atoms with E-state index in [-0.39, 0.29) is 12.1 Å². The summed E-state index contributed by atoms with van der Waals surface area (Å²) in [6, 6.07) is 0. The second-order valence-corrected chi connectivity index (χ2v) is 4.85. The van der Waals surface area contributed by atoms with Gasteiger partial charge in [-0.1, -0.05) is 0 Å². The van der Waals surface area contributed by atoms with E-state index in [1.165, 1.54) is 0 Å². The number of thiol groups is 1. The van der Waals surface area contributed by atoms with Crippen molar-refractivity contribution in [2.45, 2.75) is 19.4 Å². The van der Waals surface area contributed by atoms with Gasteiger partial charge >= 0.3 is 0 Å². The normalized spacial score (nSPS) is 12.0. The number of hydrogen-bond donors (Lipinski definition) is 3. The van der Waals surface area contributed by atoms with Crippen LogP contribution in [-0.4, -0.2) is 69.2 Å². The molecular formula is C12H27NO4S. The molecule has 0 rings (SSSR count). The maximum Gasteiger partial charge on any atom is 0.0701 e. The Balaban J connectivity index is 3.08. The molecule has 0 saturated carbocycles.